The summed E-state index contributed by atoms with van der Waals surface area (Å²) in [4.78, 5) is 25.9. The standard InChI is InChI=1S/C16H21NO6/c1-17(2)9-12(16(19)23-6)10-7-13(20-3)14(21-4)8-11(10)15(18)22-5/h7-9H,1-6H3. The Bertz CT molecular complexity index is 621. The number of rotatable bonds is 6. The number of methoxy groups -OCH3 is 4. The number of nitrogens with zero attached hydrogens (tertiary/aromatic N) is 1. The van der Waals surface area contributed by atoms with Crippen LogP contribution in [-0.4, -0.2) is 59.4 Å². The molecule has 0 radical (unpaired) electrons. The molecule has 1 rings (SSSR count). The normalized spacial score (nSPS) is 10.8. The maximum Gasteiger partial charge on any atom is 0.339 e. The second-order valence-corrected chi connectivity index (χ2v) is 4.74. The third-order valence-electron chi connectivity index (χ3n) is 3.01. The van der Waals surface area contributed by atoms with Gasteiger partial charge in [0.05, 0.1) is 39.6 Å². The Kier molecular flexibility index (Phi) is 6.44. The van der Waals surface area contributed by atoms with Gasteiger partial charge < -0.3 is 23.8 Å². The van der Waals surface area contributed by atoms with E-state index in [9.17, 15) is 9.59 Å². The van der Waals surface area contributed by atoms with Gasteiger partial charge in [0, 0.05) is 25.9 Å². The molecule has 0 saturated carbocycles. The van der Waals surface area contributed by atoms with Crippen LogP contribution in [0.25, 0.3) is 5.57 Å². The van der Waals surface area contributed by atoms with Gasteiger partial charge in [-0.25, -0.2) is 9.59 Å². The first kappa shape index (κ1) is 18.3. The van der Waals surface area contributed by atoms with Gasteiger partial charge in [-0.15, -0.1) is 0 Å². The molecule has 0 fully saturated rings. The van der Waals surface area contributed by atoms with Crippen LogP contribution in [0.15, 0.2) is 18.3 Å². The van der Waals surface area contributed by atoms with Crippen LogP contribution in [0.4, 0.5) is 0 Å². The fraction of sp³-hybridized carbons (Fsp3) is 0.375. The van der Waals surface area contributed by atoms with Crippen molar-refractivity contribution in [1.29, 1.82) is 0 Å². The molecule has 0 heterocycles. The molecule has 0 aliphatic heterocycles. The molecule has 23 heavy (non-hydrogen) atoms. The summed E-state index contributed by atoms with van der Waals surface area (Å²) < 4.78 is 20.0. The lowest BCUT2D eigenvalue weighted by molar-refractivity contribution is -0.133. The molecule has 7 nitrogen and oxygen atoms in total. The second-order valence-electron chi connectivity index (χ2n) is 4.74. The molecule has 0 spiro atoms. The third-order valence-corrected chi connectivity index (χ3v) is 3.01. The molecule has 126 valence electrons. The summed E-state index contributed by atoms with van der Waals surface area (Å²) in [6.45, 7) is 0. The van der Waals surface area contributed by atoms with Crippen molar-refractivity contribution >= 4 is 17.5 Å². The first-order valence-corrected chi connectivity index (χ1v) is 6.70. The van der Waals surface area contributed by atoms with Crippen molar-refractivity contribution in [3.8, 4) is 11.5 Å². The smallest absolute Gasteiger partial charge is 0.339 e. The van der Waals surface area contributed by atoms with Gasteiger partial charge >= 0.3 is 11.9 Å². The molecule has 0 aliphatic rings. The molecule has 0 aliphatic carbocycles. The molecule has 0 amide bonds. The number of hydrogen-bond acceptors (Lipinski definition) is 7. The highest BCUT2D eigenvalue weighted by molar-refractivity contribution is 6.19. The quantitative estimate of drug-likeness (QED) is 0.581. The summed E-state index contributed by atoms with van der Waals surface area (Å²) in [6, 6.07) is 3.00. The molecule has 1 aromatic rings. The van der Waals surface area contributed by atoms with Crippen LogP contribution in [0.5, 0.6) is 11.5 Å². The first-order valence-electron chi connectivity index (χ1n) is 6.70. The van der Waals surface area contributed by atoms with E-state index in [1.165, 1.54) is 40.6 Å². The van der Waals surface area contributed by atoms with Crippen LogP contribution in [0.2, 0.25) is 0 Å². The number of hydrogen-bond donors (Lipinski definition) is 0. The monoisotopic (exact) mass is 323 g/mol. The molecule has 0 unspecified atom stereocenters. The Labute approximate surface area is 135 Å². The van der Waals surface area contributed by atoms with Crippen molar-refractivity contribution in [3.63, 3.8) is 0 Å². The van der Waals surface area contributed by atoms with E-state index in [4.69, 9.17) is 18.9 Å². The summed E-state index contributed by atoms with van der Waals surface area (Å²) in [5.74, 6) is -0.458. The number of ether oxygens (including phenoxy) is 4. The largest absolute Gasteiger partial charge is 0.493 e. The minimum absolute atomic E-state index is 0.170. The van der Waals surface area contributed by atoms with E-state index in [1.807, 2.05) is 0 Å². The van der Waals surface area contributed by atoms with Crippen molar-refractivity contribution in [2.24, 2.45) is 0 Å². The first-order chi connectivity index (χ1) is 10.9. The fourth-order valence-corrected chi connectivity index (χ4v) is 1.98. The number of carbonyl (C=O) groups excluding carboxylic acids is 2. The van der Waals surface area contributed by atoms with E-state index in [1.54, 1.807) is 25.2 Å². The highest BCUT2D eigenvalue weighted by atomic mass is 16.5. The van der Waals surface area contributed by atoms with Crippen LogP contribution >= 0.6 is 0 Å². The molecule has 0 bridgehead atoms. The summed E-state index contributed by atoms with van der Waals surface area (Å²) >= 11 is 0. The Morgan fingerprint density at radius 1 is 0.913 bits per heavy atom. The van der Waals surface area contributed by atoms with Gasteiger partial charge in [0.15, 0.2) is 11.5 Å². The number of carbonyl (C=O) groups is 2. The molecule has 0 saturated heterocycles. The zero-order valence-corrected chi connectivity index (χ0v) is 14.1. The lowest BCUT2D eigenvalue weighted by Crippen LogP contribution is -2.14. The molecule has 7 heteroatoms. The zero-order valence-electron chi connectivity index (χ0n) is 14.1. The van der Waals surface area contributed by atoms with E-state index < -0.39 is 11.9 Å². The van der Waals surface area contributed by atoms with Crippen LogP contribution < -0.4 is 9.47 Å². The average Bonchev–Trinajstić information content (AvgIpc) is 2.56. The van der Waals surface area contributed by atoms with Crippen molar-refractivity contribution in [2.45, 2.75) is 0 Å². The van der Waals surface area contributed by atoms with Gasteiger partial charge in [-0.2, -0.15) is 0 Å². The summed E-state index contributed by atoms with van der Waals surface area (Å²) in [5, 5.41) is 0. The van der Waals surface area contributed by atoms with Crippen molar-refractivity contribution in [1.82, 2.24) is 4.90 Å². The maximum absolute atomic E-state index is 12.1. The third kappa shape index (κ3) is 4.15. The van der Waals surface area contributed by atoms with Gasteiger partial charge in [-0.1, -0.05) is 0 Å². The van der Waals surface area contributed by atoms with E-state index >= 15 is 0 Å². The number of benzene rings is 1. The lowest BCUT2D eigenvalue weighted by atomic mass is 9.99. The topological polar surface area (TPSA) is 74.3 Å². The summed E-state index contributed by atoms with van der Waals surface area (Å²) in [7, 11) is 8.95. The van der Waals surface area contributed by atoms with Gasteiger partial charge in [-0.05, 0) is 12.1 Å². The Balaban J connectivity index is 3.69. The molecule has 0 aromatic heterocycles. The van der Waals surface area contributed by atoms with Crippen molar-refractivity contribution in [3.05, 3.63) is 29.5 Å². The summed E-state index contributed by atoms with van der Waals surface area (Å²) in [5.41, 5.74) is 0.692. The van der Waals surface area contributed by atoms with Crippen LogP contribution in [0, 0.1) is 0 Å². The molecular weight excluding hydrogens is 302 g/mol. The van der Waals surface area contributed by atoms with E-state index in [2.05, 4.69) is 0 Å². The van der Waals surface area contributed by atoms with E-state index in [0.717, 1.165) is 0 Å². The molecule has 0 atom stereocenters. The van der Waals surface area contributed by atoms with E-state index in [-0.39, 0.29) is 11.1 Å². The molecular formula is C16H21NO6. The average molecular weight is 323 g/mol. The van der Waals surface area contributed by atoms with Gasteiger partial charge in [0.2, 0.25) is 0 Å². The highest BCUT2D eigenvalue weighted by Gasteiger charge is 2.24. The van der Waals surface area contributed by atoms with Gasteiger partial charge in [-0.3, -0.25) is 0 Å². The van der Waals surface area contributed by atoms with Crippen LogP contribution in [0.3, 0.4) is 0 Å². The Hall–Kier alpha value is -2.70. The predicted octanol–water partition coefficient (Wildman–Crippen LogP) is 1.57. The predicted molar refractivity (Wildman–Crippen MR) is 84.6 cm³/mol. The van der Waals surface area contributed by atoms with Gasteiger partial charge in [0.1, 0.15) is 0 Å². The van der Waals surface area contributed by atoms with Gasteiger partial charge in [0.25, 0.3) is 0 Å². The van der Waals surface area contributed by atoms with Crippen molar-refractivity contribution < 1.29 is 28.5 Å². The second kappa shape index (κ2) is 8.07. The highest BCUT2D eigenvalue weighted by Crippen LogP contribution is 2.34. The minimum Gasteiger partial charge on any atom is -0.493 e. The SMILES string of the molecule is COC(=O)C(=CN(C)C)c1cc(OC)c(OC)cc1C(=O)OC. The lowest BCUT2D eigenvalue weighted by Gasteiger charge is -2.16. The Morgan fingerprint density at radius 2 is 1.43 bits per heavy atom. The van der Waals surface area contributed by atoms with Crippen LogP contribution in [-0.2, 0) is 14.3 Å². The van der Waals surface area contributed by atoms with Crippen molar-refractivity contribution in [2.75, 3.05) is 42.5 Å². The maximum atomic E-state index is 12.1. The Morgan fingerprint density at radius 3 is 1.83 bits per heavy atom. The summed E-state index contributed by atoms with van der Waals surface area (Å²) in [6.07, 6.45) is 1.56. The minimum atomic E-state index is -0.602. The van der Waals surface area contributed by atoms with Crippen LogP contribution in [0.1, 0.15) is 15.9 Å². The number of esters is 2. The molecule has 1 aromatic carbocycles. The molecule has 0 N–H and O–H groups in total. The fourth-order valence-electron chi connectivity index (χ4n) is 1.98. The zero-order chi connectivity index (χ0) is 17.6. The van der Waals surface area contributed by atoms with E-state index in [0.29, 0.717) is 17.1 Å².